The topological polar surface area (TPSA) is 101 Å². The van der Waals surface area contributed by atoms with Gasteiger partial charge in [0.2, 0.25) is 0 Å². The van der Waals surface area contributed by atoms with Gasteiger partial charge in [-0.3, -0.25) is 9.59 Å². The van der Waals surface area contributed by atoms with E-state index in [2.05, 4.69) is 36.4 Å². The van der Waals surface area contributed by atoms with Crippen LogP contribution in [0.15, 0.2) is 62.5 Å². The third-order valence-electron chi connectivity index (χ3n) is 4.05. The Kier molecular flexibility index (Phi) is 4.33. The summed E-state index contributed by atoms with van der Waals surface area (Å²) in [6.07, 6.45) is 1.50. The van der Waals surface area contributed by atoms with Gasteiger partial charge in [-0.05, 0) is 35.0 Å². The molecule has 0 radical (unpaired) electrons. The molecule has 134 valence electrons. The molecular weight excluding hydrogens is 412 g/mol. The number of carbonyl (C=O) groups is 1. The minimum Gasteiger partial charge on any atom is -0.335 e. The molecule has 0 fully saturated rings. The van der Waals surface area contributed by atoms with Gasteiger partial charge < -0.3 is 14.8 Å². The highest BCUT2D eigenvalue weighted by atomic mass is 79.9. The van der Waals surface area contributed by atoms with Crippen LogP contribution in [0.2, 0.25) is 0 Å². The lowest BCUT2D eigenvalue weighted by molar-refractivity contribution is 0.102. The van der Waals surface area contributed by atoms with Gasteiger partial charge >= 0.3 is 0 Å². The van der Waals surface area contributed by atoms with E-state index in [4.69, 9.17) is 4.52 Å². The summed E-state index contributed by atoms with van der Waals surface area (Å²) in [6.45, 7) is 1.73. The summed E-state index contributed by atoms with van der Waals surface area (Å²) in [5.41, 5.74) is 2.29. The highest BCUT2D eigenvalue weighted by molar-refractivity contribution is 9.10. The fourth-order valence-corrected chi connectivity index (χ4v) is 3.11. The molecule has 0 aliphatic rings. The molecule has 0 spiro atoms. The highest BCUT2D eigenvalue weighted by Crippen LogP contribution is 2.27. The molecule has 3 aromatic heterocycles. The molecule has 4 rings (SSSR count). The smallest absolute Gasteiger partial charge is 0.271 e. The van der Waals surface area contributed by atoms with Crippen molar-refractivity contribution in [1.82, 2.24) is 15.1 Å². The summed E-state index contributed by atoms with van der Waals surface area (Å²) in [5, 5.41) is 7.08. The number of amides is 1. The number of aryl methyl sites for hydroxylation is 1. The van der Waals surface area contributed by atoms with Gasteiger partial charge in [-0.2, -0.15) is 0 Å². The fourth-order valence-electron chi connectivity index (χ4n) is 2.77. The number of halogens is 1. The lowest BCUT2D eigenvalue weighted by Crippen LogP contribution is -2.20. The molecule has 27 heavy (non-hydrogen) atoms. The number of benzene rings is 1. The Bertz CT molecular complexity index is 1210. The summed E-state index contributed by atoms with van der Waals surface area (Å²) < 4.78 is 5.92. The molecule has 1 amide bonds. The van der Waals surface area contributed by atoms with E-state index in [-0.39, 0.29) is 11.4 Å². The van der Waals surface area contributed by atoms with Crippen LogP contribution in [-0.2, 0) is 0 Å². The van der Waals surface area contributed by atoms with E-state index >= 15 is 0 Å². The number of anilines is 1. The Morgan fingerprint density at radius 1 is 1.22 bits per heavy atom. The molecule has 0 bridgehead atoms. The Labute approximate surface area is 161 Å². The Balaban J connectivity index is 1.84. The number of aromatic amines is 1. The van der Waals surface area contributed by atoms with Crippen molar-refractivity contribution in [2.45, 2.75) is 6.92 Å². The molecule has 7 nitrogen and oxygen atoms in total. The van der Waals surface area contributed by atoms with E-state index in [1.165, 1.54) is 12.3 Å². The summed E-state index contributed by atoms with van der Waals surface area (Å²) in [6, 6.07) is 12.6. The summed E-state index contributed by atoms with van der Waals surface area (Å²) >= 11 is 3.27. The Morgan fingerprint density at radius 3 is 2.78 bits per heavy atom. The Hall–Kier alpha value is -3.26. The Morgan fingerprint density at radius 2 is 2.00 bits per heavy atom. The third-order valence-corrected chi connectivity index (χ3v) is 4.51. The van der Waals surface area contributed by atoms with Crippen molar-refractivity contribution in [1.29, 1.82) is 0 Å². The molecule has 0 saturated heterocycles. The average Bonchev–Trinajstić information content (AvgIpc) is 3.05. The number of rotatable bonds is 3. The maximum absolute atomic E-state index is 12.9. The molecule has 0 aliphatic carbocycles. The number of fused-ring (bicyclic) bond motifs is 1. The second-order valence-corrected chi connectivity index (χ2v) is 6.80. The van der Waals surface area contributed by atoms with Crippen molar-refractivity contribution in [2.75, 3.05) is 5.32 Å². The minimum atomic E-state index is -0.450. The number of carbonyl (C=O) groups excluding carboxylic acids is 1. The maximum atomic E-state index is 12.9. The second kappa shape index (κ2) is 6.81. The molecular formula is C19H13BrN4O3. The summed E-state index contributed by atoms with van der Waals surface area (Å²) in [4.78, 5) is 31.9. The number of H-pyrrole nitrogens is 1. The van der Waals surface area contributed by atoms with Crippen LogP contribution in [0.1, 0.15) is 16.1 Å². The van der Waals surface area contributed by atoms with Crippen molar-refractivity contribution < 1.29 is 9.32 Å². The van der Waals surface area contributed by atoms with Gasteiger partial charge in [-0.25, -0.2) is 4.98 Å². The van der Waals surface area contributed by atoms with Crippen molar-refractivity contribution in [2.24, 2.45) is 0 Å². The van der Waals surface area contributed by atoms with Crippen LogP contribution in [0.5, 0.6) is 0 Å². The lowest BCUT2D eigenvalue weighted by atomic mass is 10.1. The van der Waals surface area contributed by atoms with Crippen molar-refractivity contribution >= 4 is 38.6 Å². The first-order valence-corrected chi connectivity index (χ1v) is 8.84. The van der Waals surface area contributed by atoms with Crippen LogP contribution in [0.3, 0.4) is 0 Å². The number of nitrogens with one attached hydrogen (secondary N) is 2. The SMILES string of the molecule is Cc1noc2nc(-c3ccccc3)cc(C(=O)Nc3cc(Br)c[nH]c3=O)c12. The zero-order valence-electron chi connectivity index (χ0n) is 14.1. The number of hydrogen-bond donors (Lipinski definition) is 2. The normalized spacial score (nSPS) is 10.9. The van der Waals surface area contributed by atoms with Crippen LogP contribution in [0.4, 0.5) is 5.69 Å². The number of nitrogens with zero attached hydrogens (tertiary/aromatic N) is 2. The van der Waals surface area contributed by atoms with Crippen LogP contribution in [0.25, 0.3) is 22.4 Å². The van der Waals surface area contributed by atoms with Crippen molar-refractivity contribution in [3.05, 3.63) is 74.7 Å². The largest absolute Gasteiger partial charge is 0.335 e. The molecule has 1 aromatic carbocycles. The monoisotopic (exact) mass is 424 g/mol. The van der Waals surface area contributed by atoms with E-state index in [9.17, 15) is 9.59 Å². The molecule has 2 N–H and O–H groups in total. The van der Waals surface area contributed by atoms with E-state index in [0.29, 0.717) is 26.8 Å². The van der Waals surface area contributed by atoms with Crippen LogP contribution in [0, 0.1) is 6.92 Å². The third kappa shape index (κ3) is 3.26. The molecule has 4 aromatic rings. The molecule has 0 atom stereocenters. The number of hydrogen-bond acceptors (Lipinski definition) is 5. The first-order valence-electron chi connectivity index (χ1n) is 8.05. The zero-order chi connectivity index (χ0) is 19.0. The second-order valence-electron chi connectivity index (χ2n) is 5.88. The summed E-state index contributed by atoms with van der Waals surface area (Å²) in [7, 11) is 0. The fraction of sp³-hybridized carbons (Fsp3) is 0.0526. The zero-order valence-corrected chi connectivity index (χ0v) is 15.7. The van der Waals surface area contributed by atoms with Crippen LogP contribution in [-0.4, -0.2) is 21.0 Å². The van der Waals surface area contributed by atoms with Gasteiger partial charge in [0, 0.05) is 16.2 Å². The van der Waals surface area contributed by atoms with Gasteiger partial charge in [0.05, 0.1) is 22.3 Å². The van der Waals surface area contributed by atoms with E-state index in [1.807, 2.05) is 30.3 Å². The summed E-state index contributed by atoms with van der Waals surface area (Å²) in [5.74, 6) is -0.450. The first kappa shape index (κ1) is 17.2. The van der Waals surface area contributed by atoms with E-state index in [1.54, 1.807) is 13.0 Å². The van der Waals surface area contributed by atoms with Crippen LogP contribution < -0.4 is 10.9 Å². The van der Waals surface area contributed by atoms with Crippen molar-refractivity contribution in [3.63, 3.8) is 0 Å². The molecule has 0 aliphatic heterocycles. The van der Waals surface area contributed by atoms with Crippen LogP contribution >= 0.6 is 15.9 Å². The quantitative estimate of drug-likeness (QED) is 0.519. The van der Waals surface area contributed by atoms with Gasteiger partial charge in [0.15, 0.2) is 0 Å². The molecule has 0 unspecified atom stereocenters. The first-order chi connectivity index (χ1) is 13.0. The number of pyridine rings is 2. The van der Waals surface area contributed by atoms with Gasteiger partial charge in [-0.15, -0.1) is 0 Å². The van der Waals surface area contributed by atoms with Gasteiger partial charge in [0.25, 0.3) is 17.2 Å². The highest BCUT2D eigenvalue weighted by Gasteiger charge is 2.20. The lowest BCUT2D eigenvalue weighted by Gasteiger charge is -2.08. The molecule has 8 heteroatoms. The van der Waals surface area contributed by atoms with Gasteiger partial charge in [-0.1, -0.05) is 35.5 Å². The van der Waals surface area contributed by atoms with Crippen molar-refractivity contribution in [3.8, 4) is 11.3 Å². The predicted octanol–water partition coefficient (Wildman–Crippen LogP) is 3.90. The standard InChI is InChI=1S/C19H13BrN4O3/c1-10-16-13(17(25)22-15-7-12(20)9-21-18(15)26)8-14(23-19(16)27-24-10)11-5-3-2-4-6-11/h2-9H,1H3,(H,21,26)(H,22,25). The van der Waals surface area contributed by atoms with E-state index in [0.717, 1.165) is 5.56 Å². The average molecular weight is 425 g/mol. The predicted molar refractivity (Wildman–Crippen MR) is 105 cm³/mol. The molecule has 3 heterocycles. The molecule has 0 saturated carbocycles. The van der Waals surface area contributed by atoms with E-state index < -0.39 is 11.5 Å². The minimum absolute atomic E-state index is 0.134. The van der Waals surface area contributed by atoms with Gasteiger partial charge in [0.1, 0.15) is 5.69 Å². The maximum Gasteiger partial charge on any atom is 0.271 e. The number of aromatic nitrogens is 3.